The maximum Gasteiger partial charge on any atom is 0.264 e. The van der Waals surface area contributed by atoms with Gasteiger partial charge in [-0.2, -0.15) is 0 Å². The van der Waals surface area contributed by atoms with E-state index in [1.807, 2.05) is 62.4 Å². The van der Waals surface area contributed by atoms with Crippen LogP contribution in [-0.2, 0) is 10.0 Å². The molecular weight excluding hydrogens is 354 g/mol. The Morgan fingerprint density at radius 2 is 1.67 bits per heavy atom. The predicted molar refractivity (Wildman–Crippen MR) is 116 cm³/mol. The normalized spacial score (nSPS) is 14.1. The standard InChI is InChI=1S/C23H31NO2S/c1-6-10-20(4)17-19-24(18-9-12-22(8-3)11-7-2)27(25,26)23-15-13-21(5)14-16-23/h6-9,12-17,19-20,22H,1-3,10-11,18H2,4-5H3/b12-9+,19-17+. The second-order valence-corrected chi connectivity index (χ2v) is 8.47. The van der Waals surface area contributed by atoms with Crippen molar-refractivity contribution in [2.45, 2.75) is 31.6 Å². The molecule has 0 aliphatic carbocycles. The highest BCUT2D eigenvalue weighted by molar-refractivity contribution is 7.89. The average Bonchev–Trinajstić information content (AvgIpc) is 2.63. The van der Waals surface area contributed by atoms with Crippen LogP contribution in [0.25, 0.3) is 0 Å². The monoisotopic (exact) mass is 385 g/mol. The van der Waals surface area contributed by atoms with Gasteiger partial charge in [0.25, 0.3) is 10.0 Å². The lowest BCUT2D eigenvalue weighted by atomic mass is 10.1. The molecule has 2 atom stereocenters. The molecule has 0 aliphatic heterocycles. The molecule has 0 N–H and O–H groups in total. The van der Waals surface area contributed by atoms with Gasteiger partial charge in [-0.1, -0.05) is 61.1 Å². The van der Waals surface area contributed by atoms with E-state index in [-0.39, 0.29) is 23.3 Å². The van der Waals surface area contributed by atoms with Crippen molar-refractivity contribution in [1.82, 2.24) is 4.31 Å². The molecule has 0 radical (unpaired) electrons. The summed E-state index contributed by atoms with van der Waals surface area (Å²) < 4.78 is 27.5. The summed E-state index contributed by atoms with van der Waals surface area (Å²) in [6.45, 7) is 15.5. The van der Waals surface area contributed by atoms with E-state index in [1.165, 1.54) is 4.31 Å². The number of hydrogen-bond donors (Lipinski definition) is 0. The van der Waals surface area contributed by atoms with Gasteiger partial charge in [-0.05, 0) is 43.7 Å². The minimum absolute atomic E-state index is 0.148. The zero-order chi connectivity index (χ0) is 20.3. The maximum atomic E-state index is 13.1. The van der Waals surface area contributed by atoms with Gasteiger partial charge in [-0.15, -0.1) is 19.7 Å². The highest BCUT2D eigenvalue weighted by Crippen LogP contribution is 2.18. The Morgan fingerprint density at radius 3 is 2.22 bits per heavy atom. The molecule has 0 aromatic heterocycles. The third-order valence-electron chi connectivity index (χ3n) is 4.16. The molecular formula is C23H31NO2S. The minimum Gasteiger partial charge on any atom is -0.270 e. The van der Waals surface area contributed by atoms with Gasteiger partial charge in [0.05, 0.1) is 11.4 Å². The Hall–Kier alpha value is -2.33. The molecule has 3 nitrogen and oxygen atoms in total. The molecule has 0 aliphatic rings. The fourth-order valence-electron chi connectivity index (χ4n) is 2.45. The first-order chi connectivity index (χ1) is 12.8. The molecule has 1 aromatic rings. The van der Waals surface area contributed by atoms with Crippen molar-refractivity contribution in [2.24, 2.45) is 11.8 Å². The maximum absolute atomic E-state index is 13.1. The van der Waals surface area contributed by atoms with Crippen molar-refractivity contribution in [1.29, 1.82) is 0 Å². The van der Waals surface area contributed by atoms with Crippen LogP contribution in [0.15, 0.2) is 91.6 Å². The molecule has 1 aromatic carbocycles. The average molecular weight is 386 g/mol. The van der Waals surface area contributed by atoms with Crippen molar-refractivity contribution in [3.63, 3.8) is 0 Å². The molecule has 0 heterocycles. The number of sulfonamides is 1. The van der Waals surface area contributed by atoms with Crippen LogP contribution in [0.1, 0.15) is 25.3 Å². The van der Waals surface area contributed by atoms with E-state index in [0.717, 1.165) is 18.4 Å². The van der Waals surface area contributed by atoms with Crippen molar-refractivity contribution in [3.8, 4) is 0 Å². The second kappa shape index (κ2) is 11.4. The van der Waals surface area contributed by atoms with E-state index in [2.05, 4.69) is 19.7 Å². The van der Waals surface area contributed by atoms with E-state index in [4.69, 9.17) is 0 Å². The third kappa shape index (κ3) is 7.43. The number of benzene rings is 1. The zero-order valence-corrected chi connectivity index (χ0v) is 17.2. The van der Waals surface area contributed by atoms with E-state index < -0.39 is 10.0 Å². The van der Waals surface area contributed by atoms with Crippen molar-refractivity contribution < 1.29 is 8.42 Å². The van der Waals surface area contributed by atoms with Crippen LogP contribution >= 0.6 is 0 Å². The number of nitrogens with zero attached hydrogens (tertiary/aromatic N) is 1. The number of allylic oxidation sites excluding steroid dienone is 5. The smallest absolute Gasteiger partial charge is 0.264 e. The zero-order valence-electron chi connectivity index (χ0n) is 16.4. The highest BCUT2D eigenvalue weighted by Gasteiger charge is 2.20. The van der Waals surface area contributed by atoms with Gasteiger partial charge in [-0.25, -0.2) is 8.42 Å². The first-order valence-electron chi connectivity index (χ1n) is 9.13. The topological polar surface area (TPSA) is 37.4 Å². The lowest BCUT2D eigenvalue weighted by molar-refractivity contribution is 0.519. The largest absolute Gasteiger partial charge is 0.270 e. The first-order valence-corrected chi connectivity index (χ1v) is 10.6. The van der Waals surface area contributed by atoms with Crippen LogP contribution in [-0.4, -0.2) is 19.3 Å². The molecule has 0 fully saturated rings. The summed E-state index contributed by atoms with van der Waals surface area (Å²) in [5.74, 6) is 0.360. The van der Waals surface area contributed by atoms with Gasteiger partial charge in [-0.3, -0.25) is 4.31 Å². The number of hydrogen-bond acceptors (Lipinski definition) is 2. The van der Waals surface area contributed by atoms with Gasteiger partial charge < -0.3 is 0 Å². The van der Waals surface area contributed by atoms with E-state index >= 15 is 0 Å². The summed E-state index contributed by atoms with van der Waals surface area (Å²) in [5.41, 5.74) is 1.02. The fraction of sp³-hybridized carbons (Fsp3) is 0.304. The third-order valence-corrected chi connectivity index (χ3v) is 5.91. The van der Waals surface area contributed by atoms with Crippen molar-refractivity contribution in [3.05, 3.63) is 92.2 Å². The second-order valence-electron chi connectivity index (χ2n) is 6.58. The Bertz CT molecular complexity index is 773. The molecule has 27 heavy (non-hydrogen) atoms. The predicted octanol–water partition coefficient (Wildman–Crippen LogP) is 5.65. The Morgan fingerprint density at radius 1 is 1.04 bits per heavy atom. The van der Waals surface area contributed by atoms with Gasteiger partial charge >= 0.3 is 0 Å². The van der Waals surface area contributed by atoms with Crippen LogP contribution < -0.4 is 0 Å². The van der Waals surface area contributed by atoms with Gasteiger partial charge in [0.2, 0.25) is 0 Å². The summed E-state index contributed by atoms with van der Waals surface area (Å²) in [6.07, 6.45) is 14.4. The van der Waals surface area contributed by atoms with Crippen molar-refractivity contribution in [2.75, 3.05) is 6.54 Å². The first kappa shape index (κ1) is 22.7. The molecule has 0 saturated heterocycles. The molecule has 0 amide bonds. The Balaban J connectivity index is 3.10. The van der Waals surface area contributed by atoms with Crippen LogP contribution in [0, 0.1) is 18.8 Å². The molecule has 2 unspecified atom stereocenters. The lowest BCUT2D eigenvalue weighted by Gasteiger charge is -2.20. The van der Waals surface area contributed by atoms with Gasteiger partial charge in [0.1, 0.15) is 0 Å². The Kier molecular flexibility index (Phi) is 9.59. The van der Waals surface area contributed by atoms with Crippen LogP contribution in [0.4, 0.5) is 0 Å². The summed E-state index contributed by atoms with van der Waals surface area (Å²) >= 11 is 0. The van der Waals surface area contributed by atoms with Gasteiger partial charge in [0.15, 0.2) is 0 Å². The lowest BCUT2D eigenvalue weighted by Crippen LogP contribution is -2.26. The number of aryl methyl sites for hydroxylation is 1. The summed E-state index contributed by atoms with van der Waals surface area (Å²) in [4.78, 5) is 0.286. The molecule has 4 heteroatoms. The highest BCUT2D eigenvalue weighted by atomic mass is 32.2. The quantitative estimate of drug-likeness (QED) is 0.436. The number of rotatable bonds is 12. The molecule has 1 rings (SSSR count). The van der Waals surface area contributed by atoms with Crippen molar-refractivity contribution >= 4 is 10.0 Å². The summed E-state index contributed by atoms with van der Waals surface area (Å²) in [6, 6.07) is 6.91. The summed E-state index contributed by atoms with van der Waals surface area (Å²) in [5, 5.41) is 0. The fourth-order valence-corrected chi connectivity index (χ4v) is 3.72. The van der Waals surface area contributed by atoms with Crippen LogP contribution in [0.2, 0.25) is 0 Å². The molecule has 0 bridgehead atoms. The van der Waals surface area contributed by atoms with E-state index in [1.54, 1.807) is 18.3 Å². The van der Waals surface area contributed by atoms with Gasteiger partial charge in [0, 0.05) is 6.20 Å². The Labute approximate surface area is 165 Å². The molecule has 146 valence electrons. The van der Waals surface area contributed by atoms with E-state index in [9.17, 15) is 8.42 Å². The minimum atomic E-state index is -3.62. The van der Waals surface area contributed by atoms with Crippen LogP contribution in [0.5, 0.6) is 0 Å². The van der Waals surface area contributed by atoms with E-state index in [0.29, 0.717) is 0 Å². The van der Waals surface area contributed by atoms with Crippen LogP contribution in [0.3, 0.4) is 0 Å². The summed E-state index contributed by atoms with van der Waals surface area (Å²) in [7, 11) is -3.62. The molecule has 0 saturated carbocycles. The molecule has 0 spiro atoms. The SMILES string of the molecule is C=CCC(C)/C=C/N(C/C=C/C(C=C)CC=C)S(=O)(=O)c1ccc(C)cc1.